The van der Waals surface area contributed by atoms with Gasteiger partial charge >= 0.3 is 0 Å². The lowest BCUT2D eigenvalue weighted by Gasteiger charge is -2.21. The van der Waals surface area contributed by atoms with Crippen molar-refractivity contribution in [2.75, 3.05) is 19.6 Å². The number of hydrogen-bond acceptors (Lipinski definition) is 1. The van der Waals surface area contributed by atoms with Crippen molar-refractivity contribution in [3.63, 3.8) is 0 Å². The van der Waals surface area contributed by atoms with Crippen LogP contribution in [0.25, 0.3) is 0 Å². The fourth-order valence-corrected chi connectivity index (χ4v) is 2.13. The van der Waals surface area contributed by atoms with Crippen molar-refractivity contribution in [2.24, 2.45) is 10.4 Å². The van der Waals surface area contributed by atoms with E-state index in [0.717, 1.165) is 19.0 Å². The van der Waals surface area contributed by atoms with Gasteiger partial charge in [-0.2, -0.15) is 0 Å². The van der Waals surface area contributed by atoms with Crippen LogP contribution in [0.3, 0.4) is 0 Å². The van der Waals surface area contributed by atoms with Crippen molar-refractivity contribution in [3.05, 3.63) is 0 Å². The monoisotopic (exact) mass is 349 g/mol. The maximum absolute atomic E-state index is 5.22. The van der Waals surface area contributed by atoms with Crippen LogP contribution in [0, 0.1) is 17.8 Å². The summed E-state index contributed by atoms with van der Waals surface area (Å²) in [5, 5.41) is 6.32. The molecule has 0 aromatic carbocycles. The minimum atomic E-state index is 0. The van der Waals surface area contributed by atoms with Gasteiger partial charge in [0.2, 0.25) is 0 Å². The molecule has 0 amide bonds. The van der Waals surface area contributed by atoms with Crippen LogP contribution in [0.15, 0.2) is 4.99 Å². The van der Waals surface area contributed by atoms with Gasteiger partial charge in [0.15, 0.2) is 5.96 Å². The largest absolute Gasteiger partial charge is 0.357 e. The smallest absolute Gasteiger partial charge is 0.192 e. The molecule has 1 fully saturated rings. The van der Waals surface area contributed by atoms with Crippen LogP contribution in [-0.4, -0.2) is 25.6 Å². The summed E-state index contributed by atoms with van der Waals surface area (Å²) >= 11 is 0. The minimum absolute atomic E-state index is 0. The summed E-state index contributed by atoms with van der Waals surface area (Å²) < 4.78 is 0. The summed E-state index contributed by atoms with van der Waals surface area (Å²) in [4.78, 5) is 4.60. The summed E-state index contributed by atoms with van der Waals surface area (Å²) in [5.74, 6) is 3.40. The molecule has 0 atom stereocenters. The molecule has 0 bridgehead atoms. The Hall–Kier alpha value is -0.440. The molecule has 0 aromatic rings. The summed E-state index contributed by atoms with van der Waals surface area (Å²) in [7, 11) is 0. The molecule has 0 spiro atoms. The molecule has 1 aliphatic rings. The van der Waals surface area contributed by atoms with Crippen LogP contribution in [0.5, 0.6) is 0 Å². The second-order valence-electron chi connectivity index (χ2n) is 4.77. The van der Waals surface area contributed by atoms with E-state index >= 15 is 0 Å². The SMILES string of the molecule is C#CCNC(=NCC1(C)CCCC1)NCC.I. The molecule has 2 N–H and O–H groups in total. The van der Waals surface area contributed by atoms with E-state index in [1.165, 1.54) is 25.7 Å². The molecule has 0 aromatic heterocycles. The maximum atomic E-state index is 5.22. The first-order valence-electron chi connectivity index (χ1n) is 6.16. The van der Waals surface area contributed by atoms with Gasteiger partial charge in [-0.15, -0.1) is 30.4 Å². The summed E-state index contributed by atoms with van der Waals surface area (Å²) in [5.41, 5.74) is 0.401. The number of aliphatic imine (C=N–C) groups is 1. The van der Waals surface area contributed by atoms with Gasteiger partial charge in [0.25, 0.3) is 0 Å². The summed E-state index contributed by atoms with van der Waals surface area (Å²) in [6.07, 6.45) is 10.5. The number of halogens is 1. The van der Waals surface area contributed by atoms with E-state index in [-0.39, 0.29) is 24.0 Å². The molecule has 0 saturated heterocycles. The molecule has 1 rings (SSSR count). The Morgan fingerprint density at radius 1 is 1.35 bits per heavy atom. The molecule has 1 aliphatic carbocycles. The molecule has 0 heterocycles. The van der Waals surface area contributed by atoms with E-state index in [1.807, 2.05) is 0 Å². The van der Waals surface area contributed by atoms with Crippen LogP contribution in [-0.2, 0) is 0 Å². The van der Waals surface area contributed by atoms with Gasteiger partial charge in [-0.25, -0.2) is 0 Å². The van der Waals surface area contributed by atoms with Crippen LogP contribution in [0.2, 0.25) is 0 Å². The number of nitrogens with one attached hydrogen (secondary N) is 2. The second-order valence-corrected chi connectivity index (χ2v) is 4.77. The van der Waals surface area contributed by atoms with Gasteiger partial charge in [-0.1, -0.05) is 25.7 Å². The molecule has 4 heteroatoms. The van der Waals surface area contributed by atoms with Crippen molar-refractivity contribution in [2.45, 2.75) is 39.5 Å². The lowest BCUT2D eigenvalue weighted by atomic mass is 9.89. The van der Waals surface area contributed by atoms with Crippen molar-refractivity contribution >= 4 is 29.9 Å². The topological polar surface area (TPSA) is 36.4 Å². The minimum Gasteiger partial charge on any atom is -0.357 e. The number of rotatable bonds is 4. The first kappa shape index (κ1) is 16.6. The third kappa shape index (κ3) is 6.16. The highest BCUT2D eigenvalue weighted by Gasteiger charge is 2.28. The molecule has 17 heavy (non-hydrogen) atoms. The van der Waals surface area contributed by atoms with Gasteiger partial charge in [0.1, 0.15) is 0 Å². The highest BCUT2D eigenvalue weighted by atomic mass is 127. The average molecular weight is 349 g/mol. The van der Waals surface area contributed by atoms with Gasteiger partial charge in [0.05, 0.1) is 6.54 Å². The average Bonchev–Trinajstić information content (AvgIpc) is 2.70. The van der Waals surface area contributed by atoms with Crippen LogP contribution in [0.4, 0.5) is 0 Å². The zero-order chi connectivity index (χ0) is 11.9. The predicted octanol–water partition coefficient (Wildman–Crippen LogP) is 2.37. The quantitative estimate of drug-likeness (QED) is 0.354. The van der Waals surface area contributed by atoms with Crippen LogP contribution < -0.4 is 10.6 Å². The van der Waals surface area contributed by atoms with Gasteiger partial charge in [-0.3, -0.25) is 4.99 Å². The van der Waals surface area contributed by atoms with E-state index in [4.69, 9.17) is 6.42 Å². The highest BCUT2D eigenvalue weighted by Crippen LogP contribution is 2.37. The molecule has 1 saturated carbocycles. The predicted molar refractivity (Wildman–Crippen MR) is 84.8 cm³/mol. The van der Waals surface area contributed by atoms with Crippen molar-refractivity contribution in [3.8, 4) is 12.3 Å². The Labute approximate surface area is 122 Å². The molecule has 3 nitrogen and oxygen atoms in total. The lowest BCUT2D eigenvalue weighted by Crippen LogP contribution is -2.38. The number of guanidine groups is 1. The van der Waals surface area contributed by atoms with E-state index in [1.54, 1.807) is 0 Å². The van der Waals surface area contributed by atoms with Crippen LogP contribution >= 0.6 is 24.0 Å². The van der Waals surface area contributed by atoms with Gasteiger partial charge < -0.3 is 10.6 Å². The molecule has 0 radical (unpaired) electrons. The summed E-state index contributed by atoms with van der Waals surface area (Å²) in [6, 6.07) is 0. The third-order valence-electron chi connectivity index (χ3n) is 3.13. The number of hydrogen-bond donors (Lipinski definition) is 2. The van der Waals surface area contributed by atoms with Crippen molar-refractivity contribution in [1.29, 1.82) is 0 Å². The Bertz CT molecular complexity index is 275. The van der Waals surface area contributed by atoms with Gasteiger partial charge in [-0.05, 0) is 25.2 Å². The van der Waals surface area contributed by atoms with E-state index < -0.39 is 0 Å². The highest BCUT2D eigenvalue weighted by molar-refractivity contribution is 14.0. The van der Waals surface area contributed by atoms with Gasteiger partial charge in [0, 0.05) is 13.1 Å². The van der Waals surface area contributed by atoms with E-state index in [0.29, 0.717) is 12.0 Å². The zero-order valence-electron chi connectivity index (χ0n) is 10.9. The molecular formula is C13H24IN3. The fourth-order valence-electron chi connectivity index (χ4n) is 2.13. The second kappa shape index (κ2) is 8.62. The van der Waals surface area contributed by atoms with E-state index in [2.05, 4.69) is 35.4 Å². The maximum Gasteiger partial charge on any atom is 0.192 e. The summed E-state index contributed by atoms with van der Waals surface area (Å²) in [6.45, 7) is 6.68. The standard InChI is InChI=1S/C13H23N3.HI/c1-4-10-15-12(14-5-2)16-11-13(3)8-6-7-9-13;/h1H,5-11H2,2-3H3,(H2,14,15,16);1H. The van der Waals surface area contributed by atoms with Crippen molar-refractivity contribution < 1.29 is 0 Å². The van der Waals surface area contributed by atoms with E-state index in [9.17, 15) is 0 Å². The fraction of sp³-hybridized carbons (Fsp3) is 0.769. The Morgan fingerprint density at radius 2 is 2.00 bits per heavy atom. The van der Waals surface area contributed by atoms with Crippen LogP contribution in [0.1, 0.15) is 39.5 Å². The Kier molecular flexibility index (Phi) is 8.40. The zero-order valence-corrected chi connectivity index (χ0v) is 13.2. The lowest BCUT2D eigenvalue weighted by molar-refractivity contribution is 0.350. The molecule has 0 unspecified atom stereocenters. The van der Waals surface area contributed by atoms with Crippen molar-refractivity contribution in [1.82, 2.24) is 10.6 Å². The normalized spacial score (nSPS) is 18.1. The number of terminal acetylenes is 1. The Balaban J connectivity index is 0.00000256. The molecule has 98 valence electrons. The third-order valence-corrected chi connectivity index (χ3v) is 3.13. The Morgan fingerprint density at radius 3 is 2.53 bits per heavy atom. The first-order valence-corrected chi connectivity index (χ1v) is 6.16. The first-order chi connectivity index (χ1) is 7.70. The molecule has 0 aliphatic heterocycles. The number of nitrogens with zero attached hydrogens (tertiary/aromatic N) is 1. The molecular weight excluding hydrogens is 325 g/mol.